The Morgan fingerprint density at radius 1 is 1.38 bits per heavy atom. The SMILES string of the molecule is CN(CC(=O)NC(C)(C)C)S(=O)(=O)c1ccc(Br)cc1Cl. The zero-order chi connectivity index (χ0) is 16.4. The molecule has 1 rings (SSSR count). The van der Waals surface area contributed by atoms with Crippen LogP contribution in [0.4, 0.5) is 0 Å². The molecule has 0 unspecified atom stereocenters. The van der Waals surface area contributed by atoms with Crippen LogP contribution in [0, 0.1) is 0 Å². The summed E-state index contributed by atoms with van der Waals surface area (Å²) < 4.78 is 26.5. The van der Waals surface area contributed by atoms with E-state index < -0.39 is 15.6 Å². The largest absolute Gasteiger partial charge is 0.350 e. The topological polar surface area (TPSA) is 66.5 Å². The second kappa shape index (κ2) is 6.64. The maximum atomic E-state index is 12.4. The van der Waals surface area contributed by atoms with Crippen LogP contribution in [0.15, 0.2) is 27.6 Å². The summed E-state index contributed by atoms with van der Waals surface area (Å²) in [6, 6.07) is 4.49. The summed E-state index contributed by atoms with van der Waals surface area (Å²) in [6.07, 6.45) is 0. The second-order valence-corrected chi connectivity index (χ2v) is 8.97. The van der Waals surface area contributed by atoms with Gasteiger partial charge in [-0.2, -0.15) is 4.31 Å². The number of amides is 1. The lowest BCUT2D eigenvalue weighted by Gasteiger charge is -2.23. The van der Waals surface area contributed by atoms with Gasteiger partial charge in [-0.15, -0.1) is 0 Å². The molecule has 0 aromatic heterocycles. The van der Waals surface area contributed by atoms with Crippen LogP contribution < -0.4 is 5.32 Å². The fraction of sp³-hybridized carbons (Fsp3) is 0.462. The van der Waals surface area contributed by atoms with Crippen molar-refractivity contribution in [3.05, 3.63) is 27.7 Å². The number of likely N-dealkylation sites (N-methyl/N-ethyl adjacent to an activating group) is 1. The number of halogens is 2. The summed E-state index contributed by atoms with van der Waals surface area (Å²) in [7, 11) is -2.47. The first-order valence-electron chi connectivity index (χ1n) is 6.16. The first kappa shape index (κ1) is 18.4. The number of rotatable bonds is 4. The molecule has 118 valence electrons. The lowest BCUT2D eigenvalue weighted by molar-refractivity contribution is -0.122. The standard InChI is InChI=1S/C13H18BrClN2O3S/c1-13(2,3)16-12(18)8-17(4)21(19,20)11-6-5-9(14)7-10(11)15/h5-7H,8H2,1-4H3,(H,16,18). The number of nitrogens with one attached hydrogen (secondary N) is 1. The van der Waals surface area contributed by atoms with E-state index >= 15 is 0 Å². The number of sulfonamides is 1. The molecule has 0 bridgehead atoms. The van der Waals surface area contributed by atoms with Gasteiger partial charge in [0.2, 0.25) is 15.9 Å². The number of nitrogens with zero attached hydrogens (tertiary/aromatic N) is 1. The van der Waals surface area contributed by atoms with Crippen molar-refractivity contribution in [2.24, 2.45) is 0 Å². The van der Waals surface area contributed by atoms with Gasteiger partial charge in [0.25, 0.3) is 0 Å². The molecule has 0 aliphatic carbocycles. The Morgan fingerprint density at radius 2 is 1.95 bits per heavy atom. The van der Waals surface area contributed by atoms with Gasteiger partial charge in [-0.25, -0.2) is 8.42 Å². The molecule has 0 saturated heterocycles. The van der Waals surface area contributed by atoms with Gasteiger partial charge in [-0.05, 0) is 39.0 Å². The van der Waals surface area contributed by atoms with Gasteiger partial charge < -0.3 is 5.32 Å². The molecule has 1 aromatic rings. The van der Waals surface area contributed by atoms with Gasteiger partial charge >= 0.3 is 0 Å². The zero-order valence-electron chi connectivity index (χ0n) is 12.3. The predicted octanol–water partition coefficient (Wildman–Crippen LogP) is 2.64. The third-order valence-electron chi connectivity index (χ3n) is 2.46. The first-order valence-corrected chi connectivity index (χ1v) is 8.77. The maximum Gasteiger partial charge on any atom is 0.244 e. The van der Waals surface area contributed by atoms with Crippen molar-refractivity contribution >= 4 is 43.5 Å². The molecule has 0 heterocycles. The molecule has 8 heteroatoms. The van der Waals surface area contributed by atoms with Gasteiger partial charge in [-0.3, -0.25) is 4.79 Å². The maximum absolute atomic E-state index is 12.4. The predicted molar refractivity (Wildman–Crippen MR) is 86.9 cm³/mol. The number of benzene rings is 1. The van der Waals surface area contributed by atoms with Crippen molar-refractivity contribution in [2.45, 2.75) is 31.2 Å². The lowest BCUT2D eigenvalue weighted by Crippen LogP contribution is -2.46. The summed E-state index contributed by atoms with van der Waals surface area (Å²) >= 11 is 9.18. The van der Waals surface area contributed by atoms with Gasteiger partial charge in [0.05, 0.1) is 11.6 Å². The Bertz CT molecular complexity index is 641. The van der Waals surface area contributed by atoms with Crippen LogP contribution in [0.3, 0.4) is 0 Å². The molecule has 0 aliphatic heterocycles. The second-order valence-electron chi connectivity index (χ2n) is 5.63. The zero-order valence-corrected chi connectivity index (χ0v) is 15.4. The Hall–Kier alpha value is -0.630. The highest BCUT2D eigenvalue weighted by atomic mass is 79.9. The van der Waals surface area contributed by atoms with E-state index in [-0.39, 0.29) is 22.4 Å². The van der Waals surface area contributed by atoms with Crippen molar-refractivity contribution in [3.8, 4) is 0 Å². The first-order chi connectivity index (χ1) is 9.43. The molecule has 0 spiro atoms. The summed E-state index contributed by atoms with van der Waals surface area (Å²) in [5, 5.41) is 2.82. The van der Waals surface area contributed by atoms with E-state index in [2.05, 4.69) is 21.2 Å². The molecular weight excluding hydrogens is 380 g/mol. The van der Waals surface area contributed by atoms with E-state index in [9.17, 15) is 13.2 Å². The van der Waals surface area contributed by atoms with Gasteiger partial charge in [-0.1, -0.05) is 27.5 Å². The normalized spacial score (nSPS) is 12.5. The summed E-state index contributed by atoms with van der Waals surface area (Å²) in [6.45, 7) is 5.20. The third kappa shape index (κ3) is 5.25. The Labute approximate surface area is 138 Å². The minimum Gasteiger partial charge on any atom is -0.350 e. The van der Waals surface area contributed by atoms with Crippen molar-refractivity contribution in [2.75, 3.05) is 13.6 Å². The monoisotopic (exact) mass is 396 g/mol. The summed E-state index contributed by atoms with van der Waals surface area (Å²) in [4.78, 5) is 11.8. The van der Waals surface area contributed by atoms with Crippen LogP contribution in [0.5, 0.6) is 0 Å². The van der Waals surface area contributed by atoms with Crippen molar-refractivity contribution in [1.82, 2.24) is 9.62 Å². The molecular formula is C13H18BrClN2O3S. The highest BCUT2D eigenvalue weighted by Gasteiger charge is 2.26. The van der Waals surface area contributed by atoms with Crippen LogP contribution in [-0.2, 0) is 14.8 Å². The number of carbonyl (C=O) groups is 1. The van der Waals surface area contributed by atoms with Crippen molar-refractivity contribution in [1.29, 1.82) is 0 Å². The third-order valence-corrected chi connectivity index (χ3v) is 5.24. The molecule has 1 aromatic carbocycles. The van der Waals surface area contributed by atoms with Crippen LogP contribution >= 0.6 is 27.5 Å². The Balaban J connectivity index is 2.95. The van der Waals surface area contributed by atoms with Crippen LogP contribution in [0.1, 0.15) is 20.8 Å². The average molecular weight is 398 g/mol. The molecule has 0 saturated carbocycles. The van der Waals surface area contributed by atoms with Crippen molar-refractivity contribution in [3.63, 3.8) is 0 Å². The fourth-order valence-corrected chi connectivity index (χ4v) is 3.73. The number of carbonyl (C=O) groups excluding carboxylic acids is 1. The molecule has 0 atom stereocenters. The van der Waals surface area contributed by atoms with E-state index in [4.69, 9.17) is 11.6 Å². The van der Waals surface area contributed by atoms with Gasteiger partial charge in [0.1, 0.15) is 4.90 Å². The van der Waals surface area contributed by atoms with Crippen LogP contribution in [-0.4, -0.2) is 37.8 Å². The van der Waals surface area contributed by atoms with E-state index in [0.29, 0.717) is 4.47 Å². The minimum absolute atomic E-state index is 0.0292. The average Bonchev–Trinajstić information content (AvgIpc) is 2.25. The van der Waals surface area contributed by atoms with E-state index in [1.165, 1.54) is 19.2 Å². The Morgan fingerprint density at radius 3 is 2.43 bits per heavy atom. The van der Waals surface area contributed by atoms with Crippen LogP contribution in [0.25, 0.3) is 0 Å². The van der Waals surface area contributed by atoms with Crippen molar-refractivity contribution < 1.29 is 13.2 Å². The summed E-state index contributed by atoms with van der Waals surface area (Å²) in [5.41, 5.74) is -0.420. The lowest BCUT2D eigenvalue weighted by atomic mass is 10.1. The number of hydrogen-bond acceptors (Lipinski definition) is 3. The quantitative estimate of drug-likeness (QED) is 0.849. The molecule has 0 radical (unpaired) electrons. The molecule has 5 nitrogen and oxygen atoms in total. The molecule has 0 fully saturated rings. The van der Waals surface area contributed by atoms with Gasteiger partial charge in [0, 0.05) is 17.1 Å². The van der Waals surface area contributed by atoms with E-state index in [1.807, 2.05) is 20.8 Å². The smallest absolute Gasteiger partial charge is 0.244 e. The van der Waals surface area contributed by atoms with Crippen LogP contribution in [0.2, 0.25) is 5.02 Å². The van der Waals surface area contributed by atoms with Gasteiger partial charge in [0.15, 0.2) is 0 Å². The molecule has 1 N–H and O–H groups in total. The molecule has 0 aliphatic rings. The molecule has 21 heavy (non-hydrogen) atoms. The summed E-state index contributed by atoms with van der Waals surface area (Å²) in [5.74, 6) is -0.373. The highest BCUT2D eigenvalue weighted by molar-refractivity contribution is 9.10. The van der Waals surface area contributed by atoms with E-state index in [1.54, 1.807) is 6.07 Å². The Kier molecular flexibility index (Phi) is 5.83. The fourth-order valence-electron chi connectivity index (χ4n) is 1.60. The van der Waals surface area contributed by atoms with E-state index in [0.717, 1.165) is 4.31 Å². The minimum atomic E-state index is -3.82. The number of hydrogen-bond donors (Lipinski definition) is 1. The molecule has 1 amide bonds. The highest BCUT2D eigenvalue weighted by Crippen LogP contribution is 2.27.